The zero-order valence-electron chi connectivity index (χ0n) is 8.13. The van der Waals surface area contributed by atoms with Crippen LogP contribution in [0, 0.1) is 0 Å². The van der Waals surface area contributed by atoms with Gasteiger partial charge in [-0.25, -0.2) is 14.8 Å². The van der Waals surface area contributed by atoms with E-state index in [9.17, 15) is 4.79 Å². The normalized spacial score (nSPS) is 15.3. The van der Waals surface area contributed by atoms with Gasteiger partial charge in [-0.05, 0) is 12.5 Å². The molecule has 5 heteroatoms. The minimum Gasteiger partial charge on any atom is -0.477 e. The van der Waals surface area contributed by atoms with Crippen LogP contribution in [0.3, 0.4) is 0 Å². The van der Waals surface area contributed by atoms with Crippen molar-refractivity contribution in [2.75, 3.05) is 18.0 Å². The van der Waals surface area contributed by atoms with Gasteiger partial charge in [0.25, 0.3) is 0 Å². The lowest BCUT2D eigenvalue weighted by Gasteiger charge is -2.22. The SMILES string of the molecule is O=C(O)c1ccnc(N2CC=CCC2)n1. The average Bonchev–Trinajstić information content (AvgIpc) is 2.30. The molecule has 5 nitrogen and oxygen atoms in total. The van der Waals surface area contributed by atoms with E-state index in [-0.39, 0.29) is 5.69 Å². The molecule has 1 aromatic heterocycles. The Labute approximate surface area is 87.1 Å². The fourth-order valence-electron chi connectivity index (χ4n) is 1.44. The third-order valence-corrected chi connectivity index (χ3v) is 2.20. The summed E-state index contributed by atoms with van der Waals surface area (Å²) in [6.45, 7) is 1.57. The summed E-state index contributed by atoms with van der Waals surface area (Å²) in [5.74, 6) is -0.537. The Balaban J connectivity index is 2.24. The van der Waals surface area contributed by atoms with Crippen LogP contribution in [0.15, 0.2) is 24.4 Å². The first-order valence-electron chi connectivity index (χ1n) is 4.73. The Morgan fingerprint density at radius 1 is 1.47 bits per heavy atom. The molecule has 78 valence electrons. The van der Waals surface area contributed by atoms with Crippen LogP contribution in [0.4, 0.5) is 5.95 Å². The monoisotopic (exact) mass is 205 g/mol. The van der Waals surface area contributed by atoms with E-state index in [2.05, 4.69) is 16.0 Å². The van der Waals surface area contributed by atoms with Gasteiger partial charge in [-0.3, -0.25) is 0 Å². The molecule has 0 radical (unpaired) electrons. The molecular formula is C10H11N3O2. The fourth-order valence-corrected chi connectivity index (χ4v) is 1.44. The van der Waals surface area contributed by atoms with E-state index in [1.165, 1.54) is 12.3 Å². The van der Waals surface area contributed by atoms with E-state index in [0.29, 0.717) is 5.95 Å². The molecule has 1 aliphatic heterocycles. The van der Waals surface area contributed by atoms with Crippen molar-refractivity contribution in [2.45, 2.75) is 6.42 Å². The highest BCUT2D eigenvalue weighted by atomic mass is 16.4. The summed E-state index contributed by atoms with van der Waals surface area (Å²) >= 11 is 0. The Morgan fingerprint density at radius 3 is 3.00 bits per heavy atom. The first-order chi connectivity index (χ1) is 7.27. The Hall–Kier alpha value is -1.91. The summed E-state index contributed by atoms with van der Waals surface area (Å²) in [5.41, 5.74) is 0.0366. The van der Waals surface area contributed by atoms with Crippen molar-refractivity contribution in [3.63, 3.8) is 0 Å². The number of aromatic nitrogens is 2. The van der Waals surface area contributed by atoms with E-state index >= 15 is 0 Å². The fraction of sp³-hybridized carbons (Fsp3) is 0.300. The van der Waals surface area contributed by atoms with Gasteiger partial charge in [-0.1, -0.05) is 12.2 Å². The van der Waals surface area contributed by atoms with Crippen LogP contribution in [-0.4, -0.2) is 34.1 Å². The lowest BCUT2D eigenvalue weighted by atomic mass is 10.2. The van der Waals surface area contributed by atoms with Crippen molar-refractivity contribution in [3.8, 4) is 0 Å². The van der Waals surface area contributed by atoms with Crippen molar-refractivity contribution in [2.24, 2.45) is 0 Å². The molecule has 0 saturated heterocycles. The highest BCUT2D eigenvalue weighted by molar-refractivity contribution is 5.85. The molecule has 0 saturated carbocycles. The number of rotatable bonds is 2. The molecule has 0 spiro atoms. The second-order valence-corrected chi connectivity index (χ2v) is 3.25. The molecule has 0 amide bonds. The maximum Gasteiger partial charge on any atom is 0.354 e. The standard InChI is InChI=1S/C10H11N3O2/c14-9(15)8-4-5-11-10(12-8)13-6-2-1-3-7-13/h1-2,4-5H,3,6-7H2,(H,14,15). The van der Waals surface area contributed by atoms with E-state index in [1.807, 2.05) is 11.0 Å². The summed E-state index contributed by atoms with van der Waals surface area (Å²) in [6.07, 6.45) is 6.54. The van der Waals surface area contributed by atoms with Crippen LogP contribution in [0.5, 0.6) is 0 Å². The summed E-state index contributed by atoms with van der Waals surface area (Å²) < 4.78 is 0. The second kappa shape index (κ2) is 4.08. The van der Waals surface area contributed by atoms with Crippen LogP contribution in [-0.2, 0) is 0 Å². The lowest BCUT2D eigenvalue weighted by Crippen LogP contribution is -2.29. The Kier molecular flexibility index (Phi) is 2.62. The second-order valence-electron chi connectivity index (χ2n) is 3.25. The van der Waals surface area contributed by atoms with Crippen molar-refractivity contribution < 1.29 is 9.90 Å². The molecule has 2 heterocycles. The zero-order valence-corrected chi connectivity index (χ0v) is 8.13. The Morgan fingerprint density at radius 2 is 2.33 bits per heavy atom. The summed E-state index contributed by atoms with van der Waals surface area (Å²) in [7, 11) is 0. The molecule has 0 aromatic carbocycles. The van der Waals surface area contributed by atoms with Gasteiger partial charge in [-0.2, -0.15) is 0 Å². The molecular weight excluding hydrogens is 194 g/mol. The molecule has 0 atom stereocenters. The molecule has 0 fully saturated rings. The van der Waals surface area contributed by atoms with E-state index < -0.39 is 5.97 Å². The van der Waals surface area contributed by atoms with Crippen LogP contribution in [0.25, 0.3) is 0 Å². The predicted molar refractivity (Wildman–Crippen MR) is 55.0 cm³/mol. The van der Waals surface area contributed by atoms with E-state index in [1.54, 1.807) is 0 Å². The molecule has 1 aromatic rings. The maximum absolute atomic E-state index is 10.7. The number of carboxylic acid groups (broad SMARTS) is 1. The molecule has 1 aliphatic rings. The third-order valence-electron chi connectivity index (χ3n) is 2.20. The van der Waals surface area contributed by atoms with Gasteiger partial charge in [0, 0.05) is 19.3 Å². The van der Waals surface area contributed by atoms with Gasteiger partial charge in [0.05, 0.1) is 0 Å². The first kappa shape index (κ1) is 9.64. The van der Waals surface area contributed by atoms with E-state index in [0.717, 1.165) is 19.5 Å². The molecule has 0 aliphatic carbocycles. The molecule has 1 N–H and O–H groups in total. The number of carboxylic acids is 1. The topological polar surface area (TPSA) is 66.3 Å². The molecule has 15 heavy (non-hydrogen) atoms. The number of anilines is 1. The third kappa shape index (κ3) is 2.12. The first-order valence-corrected chi connectivity index (χ1v) is 4.73. The highest BCUT2D eigenvalue weighted by Gasteiger charge is 2.12. The van der Waals surface area contributed by atoms with Crippen LogP contribution in [0.2, 0.25) is 0 Å². The average molecular weight is 205 g/mol. The summed E-state index contributed by atoms with van der Waals surface area (Å²) in [4.78, 5) is 20.7. The van der Waals surface area contributed by atoms with Crippen LogP contribution >= 0.6 is 0 Å². The Bertz CT molecular complexity index is 403. The minimum absolute atomic E-state index is 0.0366. The van der Waals surface area contributed by atoms with Crippen molar-refractivity contribution in [1.29, 1.82) is 0 Å². The number of hydrogen-bond donors (Lipinski definition) is 1. The minimum atomic E-state index is -1.02. The lowest BCUT2D eigenvalue weighted by molar-refractivity contribution is 0.0690. The van der Waals surface area contributed by atoms with Gasteiger partial charge in [-0.15, -0.1) is 0 Å². The van der Waals surface area contributed by atoms with Crippen molar-refractivity contribution >= 4 is 11.9 Å². The smallest absolute Gasteiger partial charge is 0.354 e. The number of carbonyl (C=O) groups is 1. The highest BCUT2D eigenvalue weighted by Crippen LogP contribution is 2.11. The van der Waals surface area contributed by atoms with Crippen LogP contribution in [0.1, 0.15) is 16.9 Å². The maximum atomic E-state index is 10.7. The molecule has 2 rings (SSSR count). The van der Waals surface area contributed by atoms with Crippen LogP contribution < -0.4 is 4.90 Å². The van der Waals surface area contributed by atoms with Gasteiger partial charge in [0.15, 0.2) is 5.69 Å². The van der Waals surface area contributed by atoms with Gasteiger partial charge in [0.2, 0.25) is 5.95 Å². The molecule has 0 unspecified atom stereocenters. The largest absolute Gasteiger partial charge is 0.477 e. The number of nitrogens with zero attached hydrogens (tertiary/aromatic N) is 3. The number of hydrogen-bond acceptors (Lipinski definition) is 4. The zero-order chi connectivity index (χ0) is 10.7. The van der Waals surface area contributed by atoms with Crippen molar-refractivity contribution in [1.82, 2.24) is 9.97 Å². The van der Waals surface area contributed by atoms with Gasteiger partial charge in [0.1, 0.15) is 0 Å². The molecule has 0 bridgehead atoms. The van der Waals surface area contributed by atoms with E-state index in [4.69, 9.17) is 5.11 Å². The predicted octanol–water partition coefficient (Wildman–Crippen LogP) is 0.941. The van der Waals surface area contributed by atoms with Gasteiger partial charge >= 0.3 is 5.97 Å². The van der Waals surface area contributed by atoms with Gasteiger partial charge < -0.3 is 10.0 Å². The van der Waals surface area contributed by atoms with Crippen molar-refractivity contribution in [3.05, 3.63) is 30.1 Å². The summed E-state index contributed by atoms with van der Waals surface area (Å²) in [5, 5.41) is 8.78. The number of aromatic carboxylic acids is 1. The quantitative estimate of drug-likeness (QED) is 0.728. The summed E-state index contributed by atoms with van der Waals surface area (Å²) in [6, 6.07) is 1.39.